The fourth-order valence-electron chi connectivity index (χ4n) is 0.320. The maximum absolute atomic E-state index is 4.05. The molecule has 1 aromatic heterocycles. The number of hydrogen-bond acceptors (Lipinski definition) is 3. The van der Waals surface area contributed by atoms with Gasteiger partial charge in [-0.3, -0.25) is 4.98 Å². The van der Waals surface area contributed by atoms with Crippen LogP contribution < -0.4 is 0 Å². The van der Waals surface area contributed by atoms with Crippen molar-refractivity contribution >= 4 is 53.5 Å². The Balaban J connectivity index is 0.000000490. The molecule has 0 saturated carbocycles. The van der Waals surface area contributed by atoms with Crippen LogP contribution in [0.25, 0.3) is 0 Å². The van der Waals surface area contributed by atoms with E-state index in [0.717, 1.165) is 5.75 Å². The standard InChI is InChI=1S/C4H5NS2.Na.H/c6-2-4-1-5-3-7-4;;/h1,3,6H,2H2;;. The summed E-state index contributed by atoms with van der Waals surface area (Å²) in [5, 5.41) is 0. The van der Waals surface area contributed by atoms with Crippen molar-refractivity contribution in [3.05, 3.63) is 16.6 Å². The molecule has 4 heteroatoms. The first-order chi connectivity index (χ1) is 3.43. The van der Waals surface area contributed by atoms with Crippen molar-refractivity contribution in [1.82, 2.24) is 4.98 Å². The van der Waals surface area contributed by atoms with Gasteiger partial charge in [-0.2, -0.15) is 12.6 Å². The van der Waals surface area contributed by atoms with E-state index in [2.05, 4.69) is 17.6 Å². The van der Waals surface area contributed by atoms with Crippen LogP contribution in [0, 0.1) is 0 Å². The van der Waals surface area contributed by atoms with E-state index in [1.54, 1.807) is 11.3 Å². The van der Waals surface area contributed by atoms with Crippen molar-refractivity contribution in [2.24, 2.45) is 0 Å². The molecule has 0 aromatic carbocycles. The molecular formula is C4H6NNaS2. The quantitative estimate of drug-likeness (QED) is 0.470. The molecule has 0 spiro atoms. The van der Waals surface area contributed by atoms with E-state index >= 15 is 0 Å². The van der Waals surface area contributed by atoms with Gasteiger partial charge in [-0.1, -0.05) is 0 Å². The predicted octanol–water partition coefficient (Wildman–Crippen LogP) is 0.924. The van der Waals surface area contributed by atoms with Gasteiger partial charge < -0.3 is 0 Å². The zero-order valence-electron chi connectivity index (χ0n) is 3.66. The molecular weight excluding hydrogens is 149 g/mol. The molecule has 1 heterocycles. The first-order valence-electron chi connectivity index (χ1n) is 1.91. The second-order valence-corrected chi connectivity index (χ2v) is 2.41. The third-order valence-electron chi connectivity index (χ3n) is 0.639. The monoisotopic (exact) mass is 155 g/mol. The van der Waals surface area contributed by atoms with E-state index < -0.39 is 0 Å². The molecule has 0 aliphatic carbocycles. The van der Waals surface area contributed by atoms with E-state index in [0.29, 0.717) is 0 Å². The number of rotatable bonds is 1. The molecule has 0 aliphatic rings. The van der Waals surface area contributed by atoms with Crippen molar-refractivity contribution in [1.29, 1.82) is 0 Å². The number of thiol groups is 1. The Morgan fingerprint density at radius 3 is 2.75 bits per heavy atom. The Morgan fingerprint density at radius 1 is 1.75 bits per heavy atom. The first-order valence-corrected chi connectivity index (χ1v) is 3.43. The summed E-state index contributed by atoms with van der Waals surface area (Å²) in [4.78, 5) is 5.09. The van der Waals surface area contributed by atoms with Gasteiger partial charge in [0.1, 0.15) is 0 Å². The average Bonchev–Trinajstić information content (AvgIpc) is 2.14. The zero-order valence-corrected chi connectivity index (χ0v) is 5.38. The van der Waals surface area contributed by atoms with Crippen LogP contribution in [0.4, 0.5) is 0 Å². The molecule has 0 bridgehead atoms. The fraction of sp³-hybridized carbons (Fsp3) is 0.250. The molecule has 0 aliphatic heterocycles. The van der Waals surface area contributed by atoms with Gasteiger partial charge in [0.2, 0.25) is 0 Å². The van der Waals surface area contributed by atoms with Gasteiger partial charge in [-0.05, 0) is 0 Å². The molecule has 0 fully saturated rings. The number of hydrogen-bond donors (Lipinski definition) is 1. The summed E-state index contributed by atoms with van der Waals surface area (Å²) in [6, 6.07) is 0. The van der Waals surface area contributed by atoms with Crippen molar-refractivity contribution in [2.75, 3.05) is 0 Å². The molecule has 8 heavy (non-hydrogen) atoms. The van der Waals surface area contributed by atoms with E-state index in [-0.39, 0.29) is 29.6 Å². The molecule has 0 unspecified atom stereocenters. The van der Waals surface area contributed by atoms with Gasteiger partial charge in [0.25, 0.3) is 0 Å². The van der Waals surface area contributed by atoms with Crippen LogP contribution in [-0.4, -0.2) is 34.5 Å². The minimum atomic E-state index is 0. The summed E-state index contributed by atoms with van der Waals surface area (Å²) in [6.45, 7) is 0. The second kappa shape index (κ2) is 4.82. The predicted molar refractivity (Wildman–Crippen MR) is 42.0 cm³/mol. The zero-order chi connectivity index (χ0) is 5.11. The van der Waals surface area contributed by atoms with Crippen molar-refractivity contribution in [2.45, 2.75) is 5.75 Å². The van der Waals surface area contributed by atoms with Crippen LogP contribution in [0.1, 0.15) is 4.88 Å². The molecule has 1 aromatic rings. The summed E-state index contributed by atoms with van der Waals surface area (Å²) in [7, 11) is 0. The Hall–Kier alpha value is 0.980. The van der Waals surface area contributed by atoms with Gasteiger partial charge in [0.15, 0.2) is 0 Å². The molecule has 0 radical (unpaired) electrons. The first kappa shape index (κ1) is 8.98. The third kappa shape index (κ3) is 2.51. The Morgan fingerprint density at radius 2 is 2.50 bits per heavy atom. The van der Waals surface area contributed by atoms with Gasteiger partial charge in [-0.15, -0.1) is 11.3 Å². The molecule has 0 saturated heterocycles. The van der Waals surface area contributed by atoms with Crippen LogP contribution in [0.2, 0.25) is 0 Å². The van der Waals surface area contributed by atoms with Crippen molar-refractivity contribution in [3.63, 3.8) is 0 Å². The van der Waals surface area contributed by atoms with Gasteiger partial charge in [0.05, 0.1) is 5.51 Å². The Kier molecular flexibility index (Phi) is 5.41. The second-order valence-electron chi connectivity index (χ2n) is 1.13. The third-order valence-corrected chi connectivity index (χ3v) is 1.97. The summed E-state index contributed by atoms with van der Waals surface area (Å²) in [6.07, 6.45) is 1.83. The van der Waals surface area contributed by atoms with E-state index in [4.69, 9.17) is 0 Å². The van der Waals surface area contributed by atoms with Gasteiger partial charge >= 0.3 is 29.6 Å². The molecule has 1 nitrogen and oxygen atoms in total. The van der Waals surface area contributed by atoms with Crippen molar-refractivity contribution < 1.29 is 0 Å². The average molecular weight is 155 g/mol. The molecule has 0 amide bonds. The molecule has 0 N–H and O–H groups in total. The molecule has 0 atom stereocenters. The van der Waals surface area contributed by atoms with Crippen LogP contribution in [0.5, 0.6) is 0 Å². The van der Waals surface area contributed by atoms with E-state index in [1.807, 2.05) is 11.7 Å². The summed E-state index contributed by atoms with van der Waals surface area (Å²) < 4.78 is 0. The Labute approximate surface area is 80.2 Å². The van der Waals surface area contributed by atoms with E-state index in [9.17, 15) is 0 Å². The van der Waals surface area contributed by atoms with Gasteiger partial charge in [-0.25, -0.2) is 0 Å². The molecule has 40 valence electrons. The summed E-state index contributed by atoms with van der Waals surface area (Å²) in [5.74, 6) is 0.810. The number of aromatic nitrogens is 1. The minimum absolute atomic E-state index is 0. The normalized spacial score (nSPS) is 8.12. The van der Waals surface area contributed by atoms with Crippen LogP contribution in [-0.2, 0) is 5.75 Å². The van der Waals surface area contributed by atoms with E-state index in [1.165, 1.54) is 4.88 Å². The Bertz CT molecular complexity index is 129. The topological polar surface area (TPSA) is 12.9 Å². The van der Waals surface area contributed by atoms with Crippen molar-refractivity contribution in [3.8, 4) is 0 Å². The summed E-state index contributed by atoms with van der Waals surface area (Å²) >= 11 is 5.68. The number of thiazole rings is 1. The van der Waals surface area contributed by atoms with Crippen LogP contribution >= 0.6 is 24.0 Å². The van der Waals surface area contributed by atoms with Crippen LogP contribution in [0.15, 0.2) is 11.7 Å². The van der Waals surface area contributed by atoms with Crippen LogP contribution in [0.3, 0.4) is 0 Å². The number of nitrogens with zero attached hydrogens (tertiary/aromatic N) is 1. The fourth-order valence-corrected chi connectivity index (χ4v) is 1.08. The molecule has 1 rings (SSSR count). The van der Waals surface area contributed by atoms with Gasteiger partial charge in [0, 0.05) is 16.8 Å². The SMILES string of the molecule is SCc1cncs1.[NaH]. The summed E-state index contributed by atoms with van der Waals surface area (Å²) in [5.41, 5.74) is 1.81. The maximum atomic E-state index is 4.05.